The van der Waals surface area contributed by atoms with Crippen molar-refractivity contribution < 1.29 is 22.8 Å². The van der Waals surface area contributed by atoms with E-state index in [1.165, 1.54) is 17.0 Å². The Kier molecular flexibility index (Phi) is 8.90. The van der Waals surface area contributed by atoms with Crippen molar-refractivity contribution in [2.24, 2.45) is 0 Å². The molecule has 8 heteroatoms. The molecule has 0 atom stereocenters. The Hall–Kier alpha value is -3.03. The van der Waals surface area contributed by atoms with Gasteiger partial charge < -0.3 is 10.6 Å². The minimum atomic E-state index is -4.51. The molecule has 0 saturated carbocycles. The van der Waals surface area contributed by atoms with Gasteiger partial charge in [-0.05, 0) is 55.7 Å². The number of carbonyl (C=O) groups excluding carboxylic acids is 2. The van der Waals surface area contributed by atoms with Crippen molar-refractivity contribution in [2.45, 2.75) is 45.7 Å². The number of benzene rings is 2. The van der Waals surface area contributed by atoms with Crippen molar-refractivity contribution in [3.8, 4) is 0 Å². The molecular weight excluding hydrogens is 407 g/mol. The fourth-order valence-corrected chi connectivity index (χ4v) is 3.00. The molecular formula is C23H28F3N3O2. The second-order valence-corrected chi connectivity index (χ2v) is 7.31. The number of alkyl halides is 3. The maximum Gasteiger partial charge on any atom is 0.416 e. The van der Waals surface area contributed by atoms with E-state index < -0.39 is 17.8 Å². The first-order chi connectivity index (χ1) is 14.7. The van der Waals surface area contributed by atoms with Crippen molar-refractivity contribution in [3.05, 3.63) is 59.7 Å². The molecule has 0 saturated heterocycles. The van der Waals surface area contributed by atoms with Crippen molar-refractivity contribution >= 4 is 23.3 Å². The maximum absolute atomic E-state index is 13.2. The van der Waals surface area contributed by atoms with E-state index in [0.717, 1.165) is 30.5 Å². The predicted molar refractivity (Wildman–Crippen MR) is 116 cm³/mol. The van der Waals surface area contributed by atoms with E-state index in [9.17, 15) is 22.8 Å². The summed E-state index contributed by atoms with van der Waals surface area (Å²) in [5, 5.41) is 5.51. The molecule has 2 aromatic carbocycles. The number of carbonyl (C=O) groups is 2. The molecule has 31 heavy (non-hydrogen) atoms. The van der Waals surface area contributed by atoms with E-state index in [1.807, 2.05) is 19.9 Å². The smallest absolute Gasteiger partial charge is 0.356 e. The first-order valence-electron chi connectivity index (χ1n) is 10.3. The van der Waals surface area contributed by atoms with Gasteiger partial charge in [0.2, 0.25) is 5.91 Å². The minimum absolute atomic E-state index is 0.0725. The molecule has 0 spiro atoms. The lowest BCUT2D eigenvalue weighted by Gasteiger charge is -2.24. The number of aryl methyl sites for hydroxylation is 1. The molecule has 0 bridgehead atoms. The minimum Gasteiger partial charge on any atom is -0.356 e. The highest BCUT2D eigenvalue weighted by atomic mass is 19.4. The molecule has 0 fully saturated rings. The van der Waals surface area contributed by atoms with Gasteiger partial charge in [-0.25, -0.2) is 4.79 Å². The van der Waals surface area contributed by atoms with Gasteiger partial charge in [0.05, 0.1) is 5.56 Å². The lowest BCUT2D eigenvalue weighted by Crippen LogP contribution is -2.37. The third-order valence-electron chi connectivity index (χ3n) is 4.64. The molecule has 3 amide bonds. The van der Waals surface area contributed by atoms with Crippen LogP contribution >= 0.6 is 0 Å². The highest BCUT2D eigenvalue weighted by molar-refractivity contribution is 6.01. The zero-order valence-electron chi connectivity index (χ0n) is 17.8. The van der Waals surface area contributed by atoms with Crippen LogP contribution in [0.5, 0.6) is 0 Å². The fourth-order valence-electron chi connectivity index (χ4n) is 3.00. The molecule has 2 aromatic rings. The molecule has 0 aliphatic rings. The molecule has 0 aliphatic heterocycles. The second-order valence-electron chi connectivity index (χ2n) is 7.31. The first-order valence-corrected chi connectivity index (χ1v) is 10.3. The van der Waals surface area contributed by atoms with Crippen LogP contribution in [0.3, 0.4) is 0 Å². The van der Waals surface area contributed by atoms with E-state index >= 15 is 0 Å². The monoisotopic (exact) mass is 435 g/mol. The summed E-state index contributed by atoms with van der Waals surface area (Å²) in [5.74, 6) is -0.0725. The van der Waals surface area contributed by atoms with Crippen LogP contribution in [0, 0.1) is 6.92 Å². The summed E-state index contributed by atoms with van der Waals surface area (Å²) in [5.41, 5.74) is 0.802. The Bertz CT molecular complexity index is 884. The van der Waals surface area contributed by atoms with E-state index in [2.05, 4.69) is 10.6 Å². The summed E-state index contributed by atoms with van der Waals surface area (Å²) in [6.45, 7) is 4.34. The largest absolute Gasteiger partial charge is 0.416 e. The fraction of sp³-hybridized carbons (Fsp3) is 0.391. The number of urea groups is 1. The van der Waals surface area contributed by atoms with Crippen LogP contribution in [0.1, 0.15) is 43.7 Å². The van der Waals surface area contributed by atoms with Gasteiger partial charge in [0.1, 0.15) is 0 Å². The van der Waals surface area contributed by atoms with Crippen molar-refractivity contribution in [1.82, 2.24) is 5.32 Å². The normalized spacial score (nSPS) is 11.1. The summed E-state index contributed by atoms with van der Waals surface area (Å²) in [6.07, 6.45) is -1.98. The van der Waals surface area contributed by atoms with Gasteiger partial charge in [0, 0.05) is 30.9 Å². The Balaban J connectivity index is 2.13. The van der Waals surface area contributed by atoms with Crippen molar-refractivity contribution in [2.75, 3.05) is 23.3 Å². The van der Waals surface area contributed by atoms with Crippen molar-refractivity contribution in [3.63, 3.8) is 0 Å². The summed E-state index contributed by atoms with van der Waals surface area (Å²) in [6, 6.07) is 11.3. The third kappa shape index (κ3) is 7.96. The molecule has 0 heterocycles. The van der Waals surface area contributed by atoms with E-state index in [4.69, 9.17) is 0 Å². The van der Waals surface area contributed by atoms with Gasteiger partial charge in [-0.1, -0.05) is 31.5 Å². The molecule has 2 rings (SSSR count). The predicted octanol–water partition coefficient (Wildman–Crippen LogP) is 5.75. The molecule has 2 N–H and O–H groups in total. The topological polar surface area (TPSA) is 61.4 Å². The highest BCUT2D eigenvalue weighted by Gasteiger charge is 2.31. The van der Waals surface area contributed by atoms with Gasteiger partial charge >= 0.3 is 12.2 Å². The molecule has 168 valence electrons. The van der Waals surface area contributed by atoms with E-state index in [-0.39, 0.29) is 18.1 Å². The van der Waals surface area contributed by atoms with E-state index in [0.29, 0.717) is 25.1 Å². The number of nitrogens with one attached hydrogen (secondary N) is 2. The zero-order valence-corrected chi connectivity index (χ0v) is 17.8. The Labute approximate surface area is 180 Å². The second kappa shape index (κ2) is 11.4. The van der Waals surface area contributed by atoms with Gasteiger partial charge in [0.15, 0.2) is 0 Å². The van der Waals surface area contributed by atoms with E-state index in [1.54, 1.807) is 18.2 Å². The zero-order chi connectivity index (χ0) is 22.9. The first kappa shape index (κ1) is 24.2. The van der Waals surface area contributed by atoms with Crippen LogP contribution in [0.15, 0.2) is 48.5 Å². The Morgan fingerprint density at radius 3 is 2.45 bits per heavy atom. The summed E-state index contributed by atoms with van der Waals surface area (Å²) in [4.78, 5) is 25.9. The average Bonchev–Trinajstić information content (AvgIpc) is 2.71. The van der Waals surface area contributed by atoms with Gasteiger partial charge in [0.25, 0.3) is 0 Å². The van der Waals surface area contributed by atoms with Crippen LogP contribution in [0.2, 0.25) is 0 Å². The quantitative estimate of drug-likeness (QED) is 0.493. The number of hydrogen-bond donors (Lipinski definition) is 2. The van der Waals surface area contributed by atoms with Crippen molar-refractivity contribution in [1.29, 1.82) is 0 Å². The number of amides is 3. The van der Waals surface area contributed by atoms with Gasteiger partial charge in [-0.2, -0.15) is 13.2 Å². The molecule has 0 unspecified atom stereocenters. The van der Waals surface area contributed by atoms with Crippen LogP contribution in [0.25, 0.3) is 0 Å². The van der Waals surface area contributed by atoms with Crippen LogP contribution in [-0.2, 0) is 11.0 Å². The number of hydrogen-bond acceptors (Lipinski definition) is 2. The molecule has 0 aromatic heterocycles. The molecule has 5 nitrogen and oxygen atoms in total. The Morgan fingerprint density at radius 2 is 1.77 bits per heavy atom. The number of halogens is 3. The van der Waals surface area contributed by atoms with Crippen LogP contribution in [-0.4, -0.2) is 25.0 Å². The lowest BCUT2D eigenvalue weighted by atomic mass is 10.1. The van der Waals surface area contributed by atoms with Gasteiger partial charge in [-0.15, -0.1) is 0 Å². The maximum atomic E-state index is 13.2. The van der Waals surface area contributed by atoms with Crippen LogP contribution < -0.4 is 15.5 Å². The highest BCUT2D eigenvalue weighted by Crippen LogP contribution is 2.32. The number of unbranched alkanes of at least 4 members (excludes halogenated alkanes) is 1. The SMILES string of the molecule is CCCCC(=O)NCCCN(C(=O)Nc1cccc(C)c1)c1cccc(C(F)(F)F)c1. The summed E-state index contributed by atoms with van der Waals surface area (Å²) in [7, 11) is 0. The summed E-state index contributed by atoms with van der Waals surface area (Å²) >= 11 is 0. The number of nitrogens with zero attached hydrogens (tertiary/aromatic N) is 1. The third-order valence-corrected chi connectivity index (χ3v) is 4.64. The lowest BCUT2D eigenvalue weighted by molar-refractivity contribution is -0.137. The van der Waals surface area contributed by atoms with Gasteiger partial charge in [-0.3, -0.25) is 9.69 Å². The number of rotatable bonds is 9. The Morgan fingerprint density at radius 1 is 1.03 bits per heavy atom. The molecule has 0 radical (unpaired) electrons. The van der Waals surface area contributed by atoms with Crippen LogP contribution in [0.4, 0.5) is 29.3 Å². The number of anilines is 2. The summed E-state index contributed by atoms with van der Waals surface area (Å²) < 4.78 is 39.5. The average molecular weight is 435 g/mol. The molecule has 0 aliphatic carbocycles. The standard InChI is InChI=1S/C23H28F3N3O2/c1-3-4-12-21(30)27-13-7-14-29(20-11-6-9-18(16-20)23(24,25)26)22(31)28-19-10-5-8-17(2)15-19/h5-6,8-11,15-16H,3-4,7,12-14H2,1-2H3,(H,27,30)(H,28,31).